The molecule has 3 aromatic rings. The van der Waals surface area contributed by atoms with Crippen LogP contribution in [0.1, 0.15) is 23.4 Å². The number of aromatic nitrogens is 3. The minimum Gasteiger partial charge on any atom is -0.255 e. The fraction of sp³-hybridized carbons (Fsp3) is 0.308. The Morgan fingerprint density at radius 2 is 2.00 bits per heavy atom. The maximum Gasteiger partial charge on any atom is 0.265 e. The highest BCUT2D eigenvalue weighted by Gasteiger charge is 2.23. The molecule has 0 aliphatic heterocycles. The van der Waals surface area contributed by atoms with Crippen LogP contribution in [0.25, 0.3) is 11.0 Å². The first-order valence-electron chi connectivity index (χ1n) is 6.86. The Labute approximate surface area is 135 Å². The molecule has 2 heterocycles. The zero-order valence-electron chi connectivity index (χ0n) is 11.4. The summed E-state index contributed by atoms with van der Waals surface area (Å²) in [5.41, 5.74) is 2.02. The Bertz CT molecular complexity index is 922. The molecule has 0 atom stereocenters. The molecule has 2 aromatic heterocycles. The van der Waals surface area contributed by atoms with E-state index in [0.717, 1.165) is 43.1 Å². The van der Waals surface area contributed by atoms with E-state index in [-0.39, 0.29) is 4.90 Å². The normalized spacial score (nSPS) is 14.9. The molecule has 0 unspecified atom stereocenters. The predicted octanol–water partition coefficient (Wildman–Crippen LogP) is 2.83. The molecule has 9 heteroatoms. The van der Waals surface area contributed by atoms with Crippen molar-refractivity contribution >= 4 is 49.3 Å². The summed E-state index contributed by atoms with van der Waals surface area (Å²) in [4.78, 5) is 5.76. The summed E-state index contributed by atoms with van der Waals surface area (Å²) in [6.45, 7) is 0. The number of benzene rings is 1. The summed E-state index contributed by atoms with van der Waals surface area (Å²) < 4.78 is 36.0. The molecule has 114 valence electrons. The topological polar surface area (TPSA) is 84.8 Å². The van der Waals surface area contributed by atoms with Crippen molar-refractivity contribution in [2.75, 3.05) is 4.72 Å². The van der Waals surface area contributed by atoms with Gasteiger partial charge in [-0.2, -0.15) is 8.75 Å². The molecule has 6 nitrogen and oxygen atoms in total. The SMILES string of the molecule is O=S(=O)(Nc1nc2c(s1)CCCC2)c1cccc2nsnc12. The zero-order chi connectivity index (χ0) is 15.2. The van der Waals surface area contributed by atoms with Gasteiger partial charge >= 0.3 is 0 Å². The van der Waals surface area contributed by atoms with Crippen LogP contribution in [0.2, 0.25) is 0 Å². The van der Waals surface area contributed by atoms with Gasteiger partial charge in [-0.15, -0.1) is 11.3 Å². The summed E-state index contributed by atoms with van der Waals surface area (Å²) in [5, 5.41) is 0.437. The first kappa shape index (κ1) is 14.0. The lowest BCUT2D eigenvalue weighted by atomic mass is 10.0. The number of aryl methyl sites for hydroxylation is 2. The summed E-state index contributed by atoms with van der Waals surface area (Å²) in [6.07, 6.45) is 4.18. The van der Waals surface area contributed by atoms with Crippen LogP contribution in [0, 0.1) is 0 Å². The molecule has 0 saturated carbocycles. The molecule has 0 radical (unpaired) electrons. The lowest BCUT2D eigenvalue weighted by molar-refractivity contribution is 0.602. The Kier molecular flexibility index (Phi) is 3.35. The highest BCUT2D eigenvalue weighted by atomic mass is 32.2. The van der Waals surface area contributed by atoms with E-state index in [2.05, 4.69) is 18.5 Å². The van der Waals surface area contributed by atoms with Crippen molar-refractivity contribution in [3.63, 3.8) is 0 Å². The molecule has 1 aliphatic carbocycles. The van der Waals surface area contributed by atoms with Gasteiger partial charge in [0, 0.05) is 4.88 Å². The van der Waals surface area contributed by atoms with Gasteiger partial charge in [0.1, 0.15) is 15.9 Å². The Morgan fingerprint density at radius 1 is 1.14 bits per heavy atom. The number of nitrogens with one attached hydrogen (secondary N) is 1. The minimum absolute atomic E-state index is 0.145. The third-order valence-corrected chi connectivity index (χ3v) is 6.72. The molecule has 0 spiro atoms. The van der Waals surface area contributed by atoms with Crippen LogP contribution in [0.15, 0.2) is 23.1 Å². The number of anilines is 1. The number of nitrogens with zero attached hydrogens (tertiary/aromatic N) is 3. The lowest BCUT2D eigenvalue weighted by Gasteiger charge is -2.06. The number of rotatable bonds is 3. The second-order valence-corrected chi connectivity index (χ2v) is 8.35. The first-order valence-corrected chi connectivity index (χ1v) is 9.89. The quantitative estimate of drug-likeness (QED) is 0.783. The number of fused-ring (bicyclic) bond motifs is 2. The number of thiazole rings is 1. The van der Waals surface area contributed by atoms with Gasteiger partial charge in [-0.3, -0.25) is 4.72 Å². The zero-order valence-corrected chi connectivity index (χ0v) is 13.9. The van der Waals surface area contributed by atoms with Gasteiger partial charge in [-0.25, -0.2) is 13.4 Å². The van der Waals surface area contributed by atoms with Gasteiger partial charge in [-0.05, 0) is 37.8 Å². The van der Waals surface area contributed by atoms with Crippen molar-refractivity contribution in [2.24, 2.45) is 0 Å². The third kappa shape index (κ3) is 2.38. The van der Waals surface area contributed by atoms with Crippen LogP contribution in [0.5, 0.6) is 0 Å². The highest BCUT2D eigenvalue weighted by Crippen LogP contribution is 2.31. The molecule has 0 amide bonds. The van der Waals surface area contributed by atoms with Gasteiger partial charge in [0.2, 0.25) is 0 Å². The van der Waals surface area contributed by atoms with Gasteiger partial charge in [0.15, 0.2) is 5.13 Å². The molecule has 0 saturated heterocycles. The highest BCUT2D eigenvalue weighted by molar-refractivity contribution is 7.93. The molecule has 0 bridgehead atoms. The van der Waals surface area contributed by atoms with Crippen molar-refractivity contribution in [2.45, 2.75) is 30.6 Å². The monoisotopic (exact) mass is 352 g/mol. The van der Waals surface area contributed by atoms with Crippen molar-refractivity contribution in [1.29, 1.82) is 0 Å². The Morgan fingerprint density at radius 3 is 2.86 bits per heavy atom. The number of hydrogen-bond donors (Lipinski definition) is 1. The molecule has 1 aromatic carbocycles. The molecular formula is C13H12N4O2S3. The fourth-order valence-corrected chi connectivity index (χ4v) is 5.62. The van der Waals surface area contributed by atoms with Gasteiger partial charge in [-0.1, -0.05) is 6.07 Å². The van der Waals surface area contributed by atoms with E-state index in [1.165, 1.54) is 16.2 Å². The average Bonchev–Trinajstić information content (AvgIpc) is 3.11. The third-order valence-electron chi connectivity index (χ3n) is 3.61. The van der Waals surface area contributed by atoms with Crippen LogP contribution in [0.4, 0.5) is 5.13 Å². The van der Waals surface area contributed by atoms with E-state index in [1.807, 2.05) is 0 Å². The summed E-state index contributed by atoms with van der Waals surface area (Å²) >= 11 is 2.44. The van der Waals surface area contributed by atoms with Gasteiger partial charge in [0.25, 0.3) is 10.0 Å². The van der Waals surface area contributed by atoms with Gasteiger partial charge < -0.3 is 0 Å². The van der Waals surface area contributed by atoms with Crippen molar-refractivity contribution in [3.8, 4) is 0 Å². The van der Waals surface area contributed by atoms with Crippen molar-refractivity contribution in [3.05, 3.63) is 28.8 Å². The van der Waals surface area contributed by atoms with Crippen LogP contribution < -0.4 is 4.72 Å². The average molecular weight is 352 g/mol. The second kappa shape index (κ2) is 5.25. The molecule has 22 heavy (non-hydrogen) atoms. The molecule has 4 rings (SSSR count). The molecule has 0 fully saturated rings. The summed E-state index contributed by atoms with van der Waals surface area (Å²) in [6, 6.07) is 4.96. The molecule has 1 aliphatic rings. The first-order chi connectivity index (χ1) is 10.6. The standard InChI is InChI=1S/C13H12N4O2S3/c18-22(19,11-7-3-5-9-12(11)16-21-15-9)17-13-14-8-4-1-2-6-10(8)20-13/h3,5,7H,1-2,4,6H2,(H,14,17). The number of hydrogen-bond acceptors (Lipinski definition) is 7. The van der Waals surface area contributed by atoms with E-state index in [0.29, 0.717) is 16.2 Å². The van der Waals surface area contributed by atoms with Gasteiger partial charge in [0.05, 0.1) is 17.4 Å². The van der Waals surface area contributed by atoms with Crippen LogP contribution in [0.3, 0.4) is 0 Å². The maximum atomic E-state index is 12.6. The maximum absolute atomic E-state index is 12.6. The van der Waals surface area contributed by atoms with Crippen LogP contribution in [-0.2, 0) is 22.9 Å². The number of sulfonamides is 1. The van der Waals surface area contributed by atoms with E-state index in [9.17, 15) is 8.42 Å². The van der Waals surface area contributed by atoms with Crippen LogP contribution >= 0.6 is 23.1 Å². The Hall–Kier alpha value is -1.58. The predicted molar refractivity (Wildman–Crippen MR) is 87.0 cm³/mol. The second-order valence-electron chi connectivity index (χ2n) is 5.09. The van der Waals surface area contributed by atoms with Crippen molar-refractivity contribution < 1.29 is 8.42 Å². The summed E-state index contributed by atoms with van der Waals surface area (Å²) in [7, 11) is -3.71. The van der Waals surface area contributed by atoms with Crippen molar-refractivity contribution in [1.82, 2.24) is 13.7 Å². The summed E-state index contributed by atoms with van der Waals surface area (Å²) in [5.74, 6) is 0. The van der Waals surface area contributed by atoms with E-state index < -0.39 is 10.0 Å². The minimum atomic E-state index is -3.71. The van der Waals surface area contributed by atoms with Crippen LogP contribution in [-0.4, -0.2) is 22.1 Å². The van der Waals surface area contributed by atoms with E-state index in [1.54, 1.807) is 18.2 Å². The largest absolute Gasteiger partial charge is 0.265 e. The lowest BCUT2D eigenvalue weighted by Crippen LogP contribution is -2.13. The Balaban J connectivity index is 1.72. The van der Waals surface area contributed by atoms with E-state index >= 15 is 0 Å². The smallest absolute Gasteiger partial charge is 0.255 e. The fourth-order valence-electron chi connectivity index (χ4n) is 2.56. The molecule has 1 N–H and O–H groups in total. The van der Waals surface area contributed by atoms with E-state index in [4.69, 9.17) is 0 Å². The molecular weight excluding hydrogens is 340 g/mol.